The highest BCUT2D eigenvalue weighted by molar-refractivity contribution is 6.97. The van der Waals surface area contributed by atoms with E-state index in [9.17, 15) is 0 Å². The summed E-state index contributed by atoms with van der Waals surface area (Å²) in [5.41, 5.74) is 5.80. The number of benzene rings is 1. The molecule has 3 heteroatoms. The topological polar surface area (TPSA) is 6.25 Å². The maximum Gasteiger partial charge on any atom is 0.199 e. The Kier molecular flexibility index (Phi) is 4.66. The minimum Gasteiger partial charge on any atom is -0.372 e. The van der Waals surface area contributed by atoms with E-state index in [2.05, 4.69) is 65.1 Å². The van der Waals surface area contributed by atoms with Crippen molar-refractivity contribution in [1.82, 2.24) is 0 Å². The molecule has 2 fully saturated rings. The highest BCUT2D eigenvalue weighted by Gasteiger charge is 2.37. The van der Waals surface area contributed by atoms with Crippen molar-refractivity contribution in [3.05, 3.63) is 52.8 Å². The molecule has 4 aliphatic rings. The van der Waals surface area contributed by atoms with E-state index in [0.717, 1.165) is 0 Å². The van der Waals surface area contributed by atoms with Crippen molar-refractivity contribution in [2.24, 2.45) is 0 Å². The molecule has 0 amide bonds. The predicted molar refractivity (Wildman–Crippen MR) is 124 cm³/mol. The number of hydrogen-bond acceptors (Lipinski definition) is 1. The van der Waals surface area contributed by atoms with Gasteiger partial charge in [0.1, 0.15) is 21.2 Å². The summed E-state index contributed by atoms with van der Waals surface area (Å²) in [7, 11) is -1.71. The summed E-state index contributed by atoms with van der Waals surface area (Å²) in [6.45, 7) is 10.00. The molecule has 146 valence electrons. The van der Waals surface area contributed by atoms with Crippen molar-refractivity contribution in [2.45, 2.75) is 51.6 Å². The van der Waals surface area contributed by atoms with Crippen LogP contribution in [0.25, 0.3) is 6.08 Å². The van der Waals surface area contributed by atoms with E-state index in [1.165, 1.54) is 87.2 Å². The van der Waals surface area contributed by atoms with Gasteiger partial charge in [0.15, 0.2) is 5.71 Å². The second kappa shape index (κ2) is 7.18. The molecule has 0 spiro atoms. The van der Waals surface area contributed by atoms with E-state index >= 15 is 0 Å². The predicted octanol–water partition coefficient (Wildman–Crippen LogP) is 4.66. The number of anilines is 1. The molecule has 0 bridgehead atoms. The highest BCUT2D eigenvalue weighted by Crippen LogP contribution is 2.35. The maximum absolute atomic E-state index is 2.61. The third kappa shape index (κ3) is 3.14. The van der Waals surface area contributed by atoms with Gasteiger partial charge < -0.3 is 4.90 Å². The SMILES string of the molecule is C[Si]1(C)C2=CC(=[N+]3CCCCC3)C=CC2=Cc2ccc(N3CCCCC3)cc21. The van der Waals surface area contributed by atoms with Crippen LogP contribution in [0.4, 0.5) is 5.69 Å². The van der Waals surface area contributed by atoms with Crippen LogP contribution in [0.2, 0.25) is 13.1 Å². The Morgan fingerprint density at radius 3 is 2.39 bits per heavy atom. The Morgan fingerprint density at radius 2 is 1.61 bits per heavy atom. The fraction of sp³-hybridized carbons (Fsp3) is 0.480. The van der Waals surface area contributed by atoms with Crippen LogP contribution in [-0.2, 0) is 0 Å². The third-order valence-electron chi connectivity index (χ3n) is 7.17. The van der Waals surface area contributed by atoms with Gasteiger partial charge in [0, 0.05) is 43.8 Å². The number of hydrogen-bond donors (Lipinski definition) is 0. The van der Waals surface area contributed by atoms with Crippen LogP contribution >= 0.6 is 0 Å². The maximum atomic E-state index is 2.61. The summed E-state index contributed by atoms with van der Waals surface area (Å²) in [5, 5.41) is 3.25. The molecule has 3 aliphatic heterocycles. The van der Waals surface area contributed by atoms with Gasteiger partial charge in [-0.15, -0.1) is 0 Å². The number of rotatable bonds is 1. The summed E-state index contributed by atoms with van der Waals surface area (Å²) >= 11 is 0. The van der Waals surface area contributed by atoms with E-state index in [4.69, 9.17) is 0 Å². The summed E-state index contributed by atoms with van der Waals surface area (Å²) in [6, 6.07) is 7.29. The molecule has 2 saturated heterocycles. The summed E-state index contributed by atoms with van der Waals surface area (Å²) < 4.78 is 2.61. The fourth-order valence-corrected chi connectivity index (χ4v) is 8.50. The molecule has 28 heavy (non-hydrogen) atoms. The third-order valence-corrected chi connectivity index (χ3v) is 10.7. The van der Waals surface area contributed by atoms with Gasteiger partial charge in [-0.05, 0) is 71.5 Å². The molecule has 0 saturated carbocycles. The lowest BCUT2D eigenvalue weighted by atomic mass is 10.0. The Hall–Kier alpha value is -1.87. The number of allylic oxidation sites excluding steroid dienone is 5. The van der Waals surface area contributed by atoms with Gasteiger partial charge in [-0.25, -0.2) is 4.58 Å². The number of piperidine rings is 2. The summed E-state index contributed by atoms with van der Waals surface area (Å²) in [6.07, 6.45) is 17.9. The van der Waals surface area contributed by atoms with Gasteiger partial charge in [-0.2, -0.15) is 0 Å². The largest absolute Gasteiger partial charge is 0.372 e. The molecule has 5 rings (SSSR count). The molecule has 0 atom stereocenters. The molecule has 3 heterocycles. The van der Waals surface area contributed by atoms with Gasteiger partial charge in [0.2, 0.25) is 0 Å². The molecule has 1 aromatic carbocycles. The van der Waals surface area contributed by atoms with Crippen molar-refractivity contribution >= 4 is 30.7 Å². The molecule has 0 radical (unpaired) electrons. The zero-order chi connectivity index (χ0) is 19.1. The van der Waals surface area contributed by atoms with Crippen LogP contribution in [0.5, 0.6) is 0 Å². The standard InChI is InChI=1S/C25H33N2Si/c1-28(2)24-18-22(26-13-5-3-6-14-26)11-9-20(24)17-21-10-12-23(19-25(21)28)27-15-7-4-8-16-27/h9-12,17-19H,3-8,13-16H2,1-2H3/q+1. The quantitative estimate of drug-likeness (QED) is 0.500. The molecule has 0 aromatic heterocycles. The average Bonchev–Trinajstić information content (AvgIpc) is 2.75. The first kappa shape index (κ1) is 18.2. The van der Waals surface area contributed by atoms with Crippen molar-refractivity contribution in [3.8, 4) is 0 Å². The zero-order valence-electron chi connectivity index (χ0n) is 17.5. The van der Waals surface area contributed by atoms with Gasteiger partial charge in [-0.3, -0.25) is 0 Å². The average molecular weight is 390 g/mol. The van der Waals surface area contributed by atoms with Crippen molar-refractivity contribution < 1.29 is 4.58 Å². The lowest BCUT2D eigenvalue weighted by molar-refractivity contribution is -0.535. The Bertz CT molecular complexity index is 902. The minimum absolute atomic E-state index is 1.22. The number of fused-ring (bicyclic) bond motifs is 2. The van der Waals surface area contributed by atoms with Gasteiger partial charge in [0.25, 0.3) is 0 Å². The second-order valence-corrected chi connectivity index (χ2v) is 13.7. The lowest BCUT2D eigenvalue weighted by Gasteiger charge is -2.36. The monoisotopic (exact) mass is 389 g/mol. The van der Waals surface area contributed by atoms with Gasteiger partial charge in [0.05, 0.1) is 0 Å². The zero-order valence-corrected chi connectivity index (χ0v) is 18.5. The number of nitrogens with zero attached hydrogens (tertiary/aromatic N) is 2. The van der Waals surface area contributed by atoms with E-state index in [1.807, 2.05) is 0 Å². The Morgan fingerprint density at radius 1 is 0.857 bits per heavy atom. The summed E-state index contributed by atoms with van der Waals surface area (Å²) in [5.74, 6) is 0. The van der Waals surface area contributed by atoms with E-state index in [0.29, 0.717) is 0 Å². The summed E-state index contributed by atoms with van der Waals surface area (Å²) in [4.78, 5) is 2.61. The molecule has 0 unspecified atom stereocenters. The Balaban J connectivity index is 1.55. The smallest absolute Gasteiger partial charge is 0.199 e. The molecule has 0 N–H and O–H groups in total. The molecule has 2 nitrogen and oxygen atoms in total. The lowest BCUT2D eigenvalue weighted by Crippen LogP contribution is -2.49. The Labute approximate surface area is 171 Å². The van der Waals surface area contributed by atoms with Gasteiger partial charge >= 0.3 is 0 Å². The first-order valence-electron chi connectivity index (χ1n) is 11.3. The van der Waals surface area contributed by atoms with Gasteiger partial charge in [-0.1, -0.05) is 19.2 Å². The van der Waals surface area contributed by atoms with Crippen LogP contribution in [0.15, 0.2) is 47.2 Å². The van der Waals surface area contributed by atoms with E-state index in [1.54, 1.807) is 10.4 Å². The fourth-order valence-electron chi connectivity index (χ4n) is 5.43. The molecular formula is C25H33N2Si+. The first-order valence-corrected chi connectivity index (χ1v) is 14.3. The van der Waals surface area contributed by atoms with Crippen molar-refractivity contribution in [2.75, 3.05) is 31.1 Å². The minimum atomic E-state index is -1.71. The van der Waals surface area contributed by atoms with Crippen LogP contribution in [-0.4, -0.2) is 44.5 Å². The van der Waals surface area contributed by atoms with Crippen LogP contribution in [0, 0.1) is 0 Å². The highest BCUT2D eigenvalue weighted by atomic mass is 28.3. The van der Waals surface area contributed by atoms with E-state index < -0.39 is 8.07 Å². The normalized spacial score (nSPS) is 23.7. The first-order chi connectivity index (χ1) is 13.6. The van der Waals surface area contributed by atoms with Crippen molar-refractivity contribution in [1.29, 1.82) is 0 Å². The molecule has 1 aliphatic carbocycles. The van der Waals surface area contributed by atoms with Crippen LogP contribution in [0.3, 0.4) is 0 Å². The second-order valence-electron chi connectivity index (χ2n) is 9.41. The van der Waals surface area contributed by atoms with E-state index in [-0.39, 0.29) is 0 Å². The van der Waals surface area contributed by atoms with Crippen LogP contribution < -0.4 is 10.1 Å². The molecule has 1 aromatic rings. The van der Waals surface area contributed by atoms with Crippen LogP contribution in [0.1, 0.15) is 44.1 Å². The molecular weight excluding hydrogens is 356 g/mol. The van der Waals surface area contributed by atoms with Crippen molar-refractivity contribution in [3.63, 3.8) is 0 Å².